The maximum Gasteiger partial charge on any atom is 0.416 e. The third-order valence-corrected chi connectivity index (χ3v) is 6.93. The fourth-order valence-corrected chi connectivity index (χ4v) is 4.94. The number of piperidine rings is 1. The van der Waals surface area contributed by atoms with Gasteiger partial charge < -0.3 is 14.8 Å². The van der Waals surface area contributed by atoms with Crippen LogP contribution in [0.5, 0.6) is 0 Å². The van der Waals surface area contributed by atoms with E-state index in [1.807, 2.05) is 30.3 Å². The molecule has 0 atom stereocenters. The van der Waals surface area contributed by atoms with E-state index in [1.165, 1.54) is 18.2 Å². The van der Waals surface area contributed by atoms with Crippen molar-refractivity contribution in [3.63, 3.8) is 0 Å². The zero-order valence-corrected chi connectivity index (χ0v) is 21.4. The first-order valence-corrected chi connectivity index (χ1v) is 12.6. The molecule has 4 rings (SSSR count). The van der Waals surface area contributed by atoms with Crippen LogP contribution >= 0.6 is 0 Å². The summed E-state index contributed by atoms with van der Waals surface area (Å²) in [4.78, 5) is 23.2. The molecule has 1 aliphatic heterocycles. The Morgan fingerprint density at radius 1 is 1.05 bits per heavy atom. The molecular weight excluding hydrogens is 513 g/mol. The number of halogens is 3. The van der Waals surface area contributed by atoms with Crippen LogP contribution in [0.15, 0.2) is 66.7 Å². The van der Waals surface area contributed by atoms with E-state index < -0.39 is 28.3 Å². The number of nitrogens with zero attached hydrogens (tertiary/aromatic N) is 1. The molecule has 1 heterocycles. The van der Waals surface area contributed by atoms with Gasteiger partial charge in [0.15, 0.2) is 0 Å². The summed E-state index contributed by atoms with van der Waals surface area (Å²) in [6, 6.07) is 16.8. The van der Waals surface area contributed by atoms with Crippen molar-refractivity contribution < 1.29 is 32.4 Å². The van der Waals surface area contributed by atoms with Crippen molar-refractivity contribution in [2.75, 3.05) is 26.3 Å². The molecular formula is C29H29F3N2O5. The quantitative estimate of drug-likeness (QED) is 0.194. The van der Waals surface area contributed by atoms with Crippen LogP contribution in [0.2, 0.25) is 0 Å². The summed E-state index contributed by atoms with van der Waals surface area (Å²) >= 11 is 0. The van der Waals surface area contributed by atoms with E-state index in [0.29, 0.717) is 6.61 Å². The Kier molecular flexibility index (Phi) is 8.66. The number of ether oxygens (including phenoxy) is 2. The van der Waals surface area contributed by atoms with Crippen molar-refractivity contribution in [2.45, 2.75) is 38.0 Å². The van der Waals surface area contributed by atoms with Gasteiger partial charge in [0.25, 0.3) is 5.69 Å². The van der Waals surface area contributed by atoms with Crippen molar-refractivity contribution in [3.8, 4) is 11.1 Å². The summed E-state index contributed by atoms with van der Waals surface area (Å²) in [5.41, 5.74) is -0.444. The number of nitrogens with one attached hydrogen (secondary N) is 1. The Hall–Kier alpha value is -3.76. The molecule has 0 amide bonds. The standard InChI is InChI=1S/C29H29F3N2O5/c1-2-39-27(35)21-8-9-25(26(17-21)34(36)37)22-14-20(15-24(16-22)29(30,31)32)18-38-19-28(10-12-33-13-11-28)23-6-4-3-5-7-23/h3-9,14-17,33H,2,10-13,18-19H2,1H3. The van der Waals surface area contributed by atoms with Crippen molar-refractivity contribution in [3.05, 3.63) is 99.1 Å². The number of esters is 1. The van der Waals surface area contributed by atoms with Crippen LogP contribution in [-0.4, -0.2) is 37.2 Å². The lowest BCUT2D eigenvalue weighted by Gasteiger charge is -2.38. The average molecular weight is 543 g/mol. The van der Waals surface area contributed by atoms with E-state index in [2.05, 4.69) is 5.32 Å². The number of rotatable bonds is 9. The van der Waals surface area contributed by atoms with Gasteiger partial charge in [0.1, 0.15) is 0 Å². The summed E-state index contributed by atoms with van der Waals surface area (Å²) in [6.45, 7) is 3.49. The molecule has 206 valence electrons. The summed E-state index contributed by atoms with van der Waals surface area (Å²) in [5, 5.41) is 15.1. The summed E-state index contributed by atoms with van der Waals surface area (Å²) in [6.07, 6.45) is -3.03. The Labute approximate surface area is 224 Å². The van der Waals surface area contributed by atoms with Crippen LogP contribution in [0.4, 0.5) is 18.9 Å². The Morgan fingerprint density at radius 3 is 2.41 bits per heavy atom. The van der Waals surface area contributed by atoms with Gasteiger partial charge in [-0.1, -0.05) is 30.3 Å². The first kappa shape index (κ1) is 28.3. The maximum atomic E-state index is 13.8. The summed E-state index contributed by atoms with van der Waals surface area (Å²) in [5.74, 6) is -0.754. The van der Waals surface area contributed by atoms with Gasteiger partial charge in [-0.3, -0.25) is 10.1 Å². The largest absolute Gasteiger partial charge is 0.462 e. The van der Waals surface area contributed by atoms with Crippen molar-refractivity contribution in [1.29, 1.82) is 0 Å². The second kappa shape index (κ2) is 12.0. The van der Waals surface area contributed by atoms with Crippen LogP contribution < -0.4 is 5.32 Å². The Bertz CT molecular complexity index is 1320. The molecule has 3 aromatic carbocycles. The van der Waals surface area contributed by atoms with E-state index in [0.717, 1.165) is 49.7 Å². The molecule has 1 fully saturated rings. The lowest BCUT2D eigenvalue weighted by molar-refractivity contribution is -0.384. The van der Waals surface area contributed by atoms with Gasteiger partial charge in [-0.05, 0) is 79.9 Å². The molecule has 7 nitrogen and oxygen atoms in total. The van der Waals surface area contributed by atoms with Gasteiger partial charge >= 0.3 is 12.1 Å². The average Bonchev–Trinajstić information content (AvgIpc) is 2.93. The summed E-state index contributed by atoms with van der Waals surface area (Å²) in [7, 11) is 0. The molecule has 0 saturated carbocycles. The Morgan fingerprint density at radius 2 is 1.77 bits per heavy atom. The third-order valence-electron chi connectivity index (χ3n) is 6.93. The zero-order chi connectivity index (χ0) is 28.0. The normalized spacial score (nSPS) is 15.1. The second-order valence-corrected chi connectivity index (χ2v) is 9.52. The van der Waals surface area contributed by atoms with E-state index >= 15 is 0 Å². The minimum absolute atomic E-state index is 0.00479. The van der Waals surface area contributed by atoms with Crippen LogP contribution in [0, 0.1) is 10.1 Å². The first-order valence-electron chi connectivity index (χ1n) is 12.6. The molecule has 10 heteroatoms. The van der Waals surface area contributed by atoms with Crippen molar-refractivity contribution in [1.82, 2.24) is 5.32 Å². The highest BCUT2D eigenvalue weighted by Gasteiger charge is 2.35. The van der Waals surface area contributed by atoms with E-state index in [1.54, 1.807) is 6.92 Å². The van der Waals surface area contributed by atoms with E-state index in [-0.39, 0.29) is 40.9 Å². The molecule has 39 heavy (non-hydrogen) atoms. The van der Waals surface area contributed by atoms with Crippen LogP contribution in [0.25, 0.3) is 11.1 Å². The highest BCUT2D eigenvalue weighted by molar-refractivity contribution is 5.92. The minimum atomic E-state index is -4.68. The number of alkyl halides is 3. The molecule has 1 aliphatic rings. The molecule has 0 unspecified atom stereocenters. The Balaban J connectivity index is 1.65. The molecule has 0 spiro atoms. The lowest BCUT2D eigenvalue weighted by Crippen LogP contribution is -2.43. The van der Waals surface area contributed by atoms with Crippen LogP contribution in [0.1, 0.15) is 46.8 Å². The maximum absolute atomic E-state index is 13.8. The molecule has 0 aliphatic carbocycles. The predicted octanol–water partition coefficient (Wildman–Crippen LogP) is 6.30. The van der Waals surface area contributed by atoms with Gasteiger partial charge in [0.05, 0.1) is 41.4 Å². The second-order valence-electron chi connectivity index (χ2n) is 9.52. The van der Waals surface area contributed by atoms with Crippen LogP contribution in [0.3, 0.4) is 0 Å². The monoisotopic (exact) mass is 542 g/mol. The van der Waals surface area contributed by atoms with Gasteiger partial charge in [0.2, 0.25) is 0 Å². The van der Waals surface area contributed by atoms with Gasteiger partial charge in [-0.15, -0.1) is 0 Å². The fourth-order valence-electron chi connectivity index (χ4n) is 4.94. The SMILES string of the molecule is CCOC(=O)c1ccc(-c2cc(COCC3(c4ccccc4)CCNCC3)cc(C(F)(F)F)c2)c([N+](=O)[O-])c1. The third kappa shape index (κ3) is 6.63. The highest BCUT2D eigenvalue weighted by atomic mass is 19.4. The number of nitro groups is 1. The number of hydrogen-bond acceptors (Lipinski definition) is 6. The van der Waals surface area contributed by atoms with Crippen LogP contribution in [-0.2, 0) is 27.7 Å². The first-order chi connectivity index (χ1) is 18.6. The predicted molar refractivity (Wildman–Crippen MR) is 139 cm³/mol. The molecule has 1 saturated heterocycles. The molecule has 1 N–H and O–H groups in total. The van der Waals surface area contributed by atoms with E-state index in [9.17, 15) is 28.1 Å². The molecule has 3 aromatic rings. The molecule has 0 radical (unpaired) electrons. The van der Waals surface area contributed by atoms with Gasteiger partial charge in [-0.25, -0.2) is 4.79 Å². The zero-order valence-electron chi connectivity index (χ0n) is 21.4. The van der Waals surface area contributed by atoms with Crippen molar-refractivity contribution in [2.24, 2.45) is 0 Å². The van der Waals surface area contributed by atoms with Gasteiger partial charge in [0, 0.05) is 11.5 Å². The molecule has 0 bridgehead atoms. The highest BCUT2D eigenvalue weighted by Crippen LogP contribution is 2.38. The lowest BCUT2D eigenvalue weighted by atomic mass is 9.74. The minimum Gasteiger partial charge on any atom is -0.462 e. The van der Waals surface area contributed by atoms with E-state index in [4.69, 9.17) is 9.47 Å². The fraction of sp³-hybridized carbons (Fsp3) is 0.345. The number of hydrogen-bond donors (Lipinski definition) is 1. The topological polar surface area (TPSA) is 90.7 Å². The summed E-state index contributed by atoms with van der Waals surface area (Å²) < 4.78 is 52.4. The number of carbonyl (C=O) groups excluding carboxylic acids is 1. The number of carbonyl (C=O) groups is 1. The number of nitro benzene ring substituents is 1. The molecule has 0 aromatic heterocycles. The smallest absolute Gasteiger partial charge is 0.416 e. The number of benzene rings is 3. The van der Waals surface area contributed by atoms with Gasteiger partial charge in [-0.2, -0.15) is 13.2 Å². The van der Waals surface area contributed by atoms with Crippen molar-refractivity contribution >= 4 is 11.7 Å².